The summed E-state index contributed by atoms with van der Waals surface area (Å²) < 4.78 is 5.50. The number of para-hydroxylation sites is 2. The average molecular weight is 341 g/mol. The summed E-state index contributed by atoms with van der Waals surface area (Å²) in [6.45, 7) is 6.56. The van der Waals surface area contributed by atoms with E-state index in [4.69, 9.17) is 14.7 Å². The standard InChI is InChI=1S/C19H27N5O/c1-23-8-4-5-15(14-23)13-20-18-19(24-9-11-25-12-10-24)22-17-7-3-2-6-16(17)21-18/h2-3,6-7,15H,4-5,8-14H2,1H3,(H,20,21). The number of fused-ring (bicyclic) bond motifs is 1. The van der Waals surface area contributed by atoms with Gasteiger partial charge in [-0.3, -0.25) is 0 Å². The molecule has 1 aromatic carbocycles. The molecule has 1 atom stereocenters. The summed E-state index contributed by atoms with van der Waals surface area (Å²) in [6.07, 6.45) is 2.56. The van der Waals surface area contributed by atoms with Crippen molar-refractivity contribution in [3.05, 3.63) is 24.3 Å². The average Bonchev–Trinajstić information content (AvgIpc) is 2.66. The molecule has 0 bridgehead atoms. The quantitative estimate of drug-likeness (QED) is 0.920. The van der Waals surface area contributed by atoms with Gasteiger partial charge in [0.25, 0.3) is 0 Å². The van der Waals surface area contributed by atoms with E-state index in [-0.39, 0.29) is 0 Å². The van der Waals surface area contributed by atoms with Crippen LogP contribution in [0.3, 0.4) is 0 Å². The summed E-state index contributed by atoms with van der Waals surface area (Å²) >= 11 is 0. The Hall–Kier alpha value is -1.92. The first-order valence-corrected chi connectivity index (χ1v) is 9.31. The minimum atomic E-state index is 0.671. The van der Waals surface area contributed by atoms with Crippen LogP contribution in [0.5, 0.6) is 0 Å². The summed E-state index contributed by atoms with van der Waals surface area (Å²) in [5, 5.41) is 3.61. The van der Waals surface area contributed by atoms with Crippen molar-refractivity contribution in [2.45, 2.75) is 12.8 Å². The maximum atomic E-state index is 5.50. The smallest absolute Gasteiger partial charge is 0.172 e. The van der Waals surface area contributed by atoms with Crippen LogP contribution in [0.2, 0.25) is 0 Å². The highest BCUT2D eigenvalue weighted by atomic mass is 16.5. The third-order valence-corrected chi connectivity index (χ3v) is 5.14. The molecular formula is C19H27N5O. The summed E-state index contributed by atoms with van der Waals surface area (Å²) in [5.41, 5.74) is 1.90. The van der Waals surface area contributed by atoms with E-state index in [0.717, 1.165) is 62.1 Å². The van der Waals surface area contributed by atoms with Gasteiger partial charge in [-0.15, -0.1) is 0 Å². The molecule has 2 aromatic rings. The van der Waals surface area contributed by atoms with E-state index in [2.05, 4.69) is 22.2 Å². The molecule has 2 fully saturated rings. The van der Waals surface area contributed by atoms with Gasteiger partial charge in [-0.05, 0) is 44.5 Å². The zero-order valence-electron chi connectivity index (χ0n) is 14.9. The Kier molecular flexibility index (Phi) is 4.99. The number of benzene rings is 1. The van der Waals surface area contributed by atoms with Crippen molar-refractivity contribution in [2.24, 2.45) is 5.92 Å². The van der Waals surface area contributed by atoms with Gasteiger partial charge in [0.1, 0.15) is 0 Å². The third kappa shape index (κ3) is 3.85. The molecule has 0 radical (unpaired) electrons. The highest BCUT2D eigenvalue weighted by Gasteiger charge is 2.21. The van der Waals surface area contributed by atoms with Gasteiger partial charge in [-0.25, -0.2) is 9.97 Å². The van der Waals surface area contributed by atoms with Crippen LogP contribution in [0.1, 0.15) is 12.8 Å². The molecule has 0 amide bonds. The Bertz CT molecular complexity index is 716. The zero-order valence-corrected chi connectivity index (χ0v) is 14.9. The SMILES string of the molecule is CN1CCCC(CNc2nc3ccccc3nc2N2CCOCC2)C1. The Morgan fingerprint density at radius 1 is 1.12 bits per heavy atom. The van der Waals surface area contributed by atoms with Crippen LogP contribution < -0.4 is 10.2 Å². The lowest BCUT2D eigenvalue weighted by Gasteiger charge is -2.31. The second kappa shape index (κ2) is 7.54. The van der Waals surface area contributed by atoms with E-state index in [9.17, 15) is 0 Å². The van der Waals surface area contributed by atoms with Gasteiger partial charge in [0.05, 0.1) is 24.2 Å². The number of hydrogen-bond acceptors (Lipinski definition) is 6. The molecule has 25 heavy (non-hydrogen) atoms. The number of likely N-dealkylation sites (tertiary alicyclic amines) is 1. The second-order valence-corrected chi connectivity index (χ2v) is 7.14. The number of nitrogens with one attached hydrogen (secondary N) is 1. The van der Waals surface area contributed by atoms with Gasteiger partial charge in [0.15, 0.2) is 11.6 Å². The molecule has 1 N–H and O–H groups in total. The fraction of sp³-hybridized carbons (Fsp3) is 0.579. The predicted octanol–water partition coefficient (Wildman–Crippen LogP) is 2.22. The normalized spacial score (nSPS) is 22.3. The molecular weight excluding hydrogens is 314 g/mol. The van der Waals surface area contributed by atoms with Crippen LogP contribution in [-0.2, 0) is 4.74 Å². The molecule has 2 aliphatic heterocycles. The van der Waals surface area contributed by atoms with E-state index < -0.39 is 0 Å². The lowest BCUT2D eigenvalue weighted by molar-refractivity contribution is 0.122. The molecule has 4 rings (SSSR count). The molecule has 2 saturated heterocycles. The van der Waals surface area contributed by atoms with Crippen molar-refractivity contribution in [3.63, 3.8) is 0 Å². The minimum Gasteiger partial charge on any atom is -0.378 e. The number of anilines is 2. The van der Waals surface area contributed by atoms with Crippen molar-refractivity contribution in [1.29, 1.82) is 0 Å². The van der Waals surface area contributed by atoms with Gasteiger partial charge in [-0.2, -0.15) is 0 Å². The largest absolute Gasteiger partial charge is 0.378 e. The molecule has 2 aliphatic rings. The monoisotopic (exact) mass is 341 g/mol. The fourth-order valence-electron chi connectivity index (χ4n) is 3.79. The molecule has 3 heterocycles. The molecule has 134 valence electrons. The molecule has 0 saturated carbocycles. The summed E-state index contributed by atoms with van der Waals surface area (Å²) in [6, 6.07) is 8.10. The van der Waals surface area contributed by atoms with Gasteiger partial charge >= 0.3 is 0 Å². The predicted molar refractivity (Wildman–Crippen MR) is 101 cm³/mol. The zero-order chi connectivity index (χ0) is 17.1. The first-order chi connectivity index (χ1) is 12.3. The van der Waals surface area contributed by atoms with Crippen molar-refractivity contribution in [2.75, 3.05) is 63.2 Å². The maximum Gasteiger partial charge on any atom is 0.172 e. The minimum absolute atomic E-state index is 0.671. The van der Waals surface area contributed by atoms with Crippen LogP contribution in [0, 0.1) is 5.92 Å². The summed E-state index contributed by atoms with van der Waals surface area (Å²) in [5.74, 6) is 2.55. The molecule has 1 aromatic heterocycles. The van der Waals surface area contributed by atoms with Crippen molar-refractivity contribution in [1.82, 2.24) is 14.9 Å². The number of hydrogen-bond donors (Lipinski definition) is 1. The van der Waals surface area contributed by atoms with Crippen LogP contribution in [0.15, 0.2) is 24.3 Å². The van der Waals surface area contributed by atoms with Gasteiger partial charge in [-0.1, -0.05) is 12.1 Å². The molecule has 0 aliphatic carbocycles. The van der Waals surface area contributed by atoms with Crippen LogP contribution in [0.4, 0.5) is 11.6 Å². The summed E-state index contributed by atoms with van der Waals surface area (Å²) in [7, 11) is 2.21. The second-order valence-electron chi connectivity index (χ2n) is 7.14. The first-order valence-electron chi connectivity index (χ1n) is 9.31. The van der Waals surface area contributed by atoms with Crippen molar-refractivity contribution < 1.29 is 4.74 Å². The number of morpholine rings is 1. The van der Waals surface area contributed by atoms with E-state index in [0.29, 0.717) is 5.92 Å². The highest BCUT2D eigenvalue weighted by molar-refractivity contribution is 5.80. The van der Waals surface area contributed by atoms with Crippen LogP contribution >= 0.6 is 0 Å². The van der Waals surface area contributed by atoms with Gasteiger partial charge in [0.2, 0.25) is 0 Å². The lowest BCUT2D eigenvalue weighted by Crippen LogP contribution is -2.38. The molecule has 6 heteroatoms. The number of nitrogens with zero attached hydrogens (tertiary/aromatic N) is 4. The Morgan fingerprint density at radius 2 is 1.88 bits per heavy atom. The Balaban J connectivity index is 1.58. The number of aromatic nitrogens is 2. The van der Waals surface area contributed by atoms with Crippen LogP contribution in [0.25, 0.3) is 11.0 Å². The van der Waals surface area contributed by atoms with E-state index in [1.54, 1.807) is 0 Å². The van der Waals surface area contributed by atoms with Gasteiger partial charge < -0.3 is 19.9 Å². The third-order valence-electron chi connectivity index (χ3n) is 5.14. The maximum absolute atomic E-state index is 5.50. The van der Waals surface area contributed by atoms with Crippen LogP contribution in [-0.4, -0.2) is 67.9 Å². The van der Waals surface area contributed by atoms with Gasteiger partial charge in [0, 0.05) is 26.2 Å². The molecule has 6 nitrogen and oxygen atoms in total. The molecule has 0 spiro atoms. The van der Waals surface area contributed by atoms with E-state index >= 15 is 0 Å². The van der Waals surface area contributed by atoms with E-state index in [1.165, 1.54) is 19.4 Å². The number of ether oxygens (including phenoxy) is 1. The first kappa shape index (κ1) is 16.5. The molecule has 1 unspecified atom stereocenters. The lowest BCUT2D eigenvalue weighted by atomic mass is 9.98. The van der Waals surface area contributed by atoms with Crippen molar-refractivity contribution in [3.8, 4) is 0 Å². The Morgan fingerprint density at radius 3 is 2.64 bits per heavy atom. The fourth-order valence-corrected chi connectivity index (χ4v) is 3.79. The summed E-state index contributed by atoms with van der Waals surface area (Å²) in [4.78, 5) is 14.5. The van der Waals surface area contributed by atoms with E-state index in [1.807, 2.05) is 24.3 Å². The number of rotatable bonds is 4. The van der Waals surface area contributed by atoms with Crippen molar-refractivity contribution >= 4 is 22.7 Å². The topological polar surface area (TPSA) is 53.5 Å². The Labute approximate surface area is 149 Å². The highest BCUT2D eigenvalue weighted by Crippen LogP contribution is 2.26. The number of piperidine rings is 1.